The summed E-state index contributed by atoms with van der Waals surface area (Å²) in [6.45, 7) is 4.69. The summed E-state index contributed by atoms with van der Waals surface area (Å²) in [5, 5.41) is 13.9. The number of carbonyl (C=O) groups is 2. The highest BCUT2D eigenvalue weighted by Gasteiger charge is 2.29. The van der Waals surface area contributed by atoms with Gasteiger partial charge in [-0.3, -0.25) is 0 Å². The van der Waals surface area contributed by atoms with Gasteiger partial charge in [-0.2, -0.15) is 0 Å². The molecule has 0 spiro atoms. The Morgan fingerprint density at radius 1 is 1.33 bits per heavy atom. The van der Waals surface area contributed by atoms with Gasteiger partial charge >= 0.3 is 12.0 Å². The molecule has 5 nitrogen and oxygen atoms in total. The molecule has 0 aliphatic heterocycles. The zero-order chi connectivity index (χ0) is 13.9. The maximum Gasteiger partial charge on any atom is 0.328 e. The van der Waals surface area contributed by atoms with Gasteiger partial charge in [-0.25, -0.2) is 9.59 Å². The molecule has 18 heavy (non-hydrogen) atoms. The molecule has 0 saturated carbocycles. The summed E-state index contributed by atoms with van der Waals surface area (Å²) >= 11 is 3.35. The summed E-state index contributed by atoms with van der Waals surface area (Å²) in [5.41, 5.74) is 0.188. The van der Waals surface area contributed by atoms with Crippen LogP contribution in [0, 0.1) is 6.92 Å². The fourth-order valence-electron chi connectivity index (χ4n) is 1.23. The first-order valence-corrected chi connectivity index (χ1v) is 6.11. The lowest BCUT2D eigenvalue weighted by Gasteiger charge is -2.21. The minimum atomic E-state index is -1.32. The minimum absolute atomic E-state index is 0.552. The van der Waals surface area contributed by atoms with Crippen molar-refractivity contribution in [3.63, 3.8) is 0 Å². The van der Waals surface area contributed by atoms with E-state index in [1.54, 1.807) is 12.1 Å². The van der Waals surface area contributed by atoms with Crippen LogP contribution in [0.3, 0.4) is 0 Å². The molecule has 0 aromatic heterocycles. The molecule has 1 aromatic rings. The Balaban J connectivity index is 2.77. The number of hydrogen-bond acceptors (Lipinski definition) is 2. The van der Waals surface area contributed by atoms with Crippen LogP contribution in [0.1, 0.15) is 19.4 Å². The third-order valence-corrected chi connectivity index (χ3v) is 3.34. The molecule has 0 fully saturated rings. The summed E-state index contributed by atoms with van der Waals surface area (Å²) in [6, 6.07) is 4.84. The molecule has 1 aromatic carbocycles. The van der Waals surface area contributed by atoms with Crippen LogP contribution >= 0.6 is 15.9 Å². The maximum atomic E-state index is 11.7. The average molecular weight is 315 g/mol. The van der Waals surface area contributed by atoms with E-state index in [4.69, 9.17) is 5.11 Å². The van der Waals surface area contributed by atoms with Gasteiger partial charge in [-0.1, -0.05) is 22.0 Å². The topological polar surface area (TPSA) is 78.4 Å². The third-order valence-electron chi connectivity index (χ3n) is 2.48. The van der Waals surface area contributed by atoms with Gasteiger partial charge in [0.25, 0.3) is 0 Å². The second-order valence-electron chi connectivity index (χ2n) is 4.42. The van der Waals surface area contributed by atoms with Gasteiger partial charge in [0.05, 0.1) is 0 Å². The van der Waals surface area contributed by atoms with Crippen LogP contribution in [0.2, 0.25) is 0 Å². The Hall–Kier alpha value is -1.56. The standard InChI is InChI=1S/C12H15BrN2O3/c1-7-8(13)5-4-6-9(7)14-11(18)15-12(2,3)10(16)17/h4-6H,1-3H3,(H,16,17)(H2,14,15,18). The van der Waals surface area contributed by atoms with E-state index in [1.807, 2.05) is 13.0 Å². The second-order valence-corrected chi connectivity index (χ2v) is 5.28. The van der Waals surface area contributed by atoms with Gasteiger partial charge in [0.15, 0.2) is 0 Å². The summed E-state index contributed by atoms with van der Waals surface area (Å²) in [6.07, 6.45) is 0. The Morgan fingerprint density at radius 2 is 1.94 bits per heavy atom. The van der Waals surface area contributed by atoms with E-state index < -0.39 is 17.5 Å². The van der Waals surface area contributed by atoms with Crippen molar-refractivity contribution in [2.24, 2.45) is 0 Å². The lowest BCUT2D eigenvalue weighted by molar-refractivity contribution is -0.142. The number of rotatable bonds is 3. The SMILES string of the molecule is Cc1c(Br)cccc1NC(=O)NC(C)(C)C(=O)O. The zero-order valence-electron chi connectivity index (χ0n) is 10.4. The molecule has 0 unspecified atom stereocenters. The quantitative estimate of drug-likeness (QED) is 0.802. The number of aliphatic carboxylic acids is 1. The van der Waals surface area contributed by atoms with Crippen molar-refractivity contribution in [1.29, 1.82) is 0 Å². The number of amides is 2. The Labute approximate surface area is 114 Å². The minimum Gasteiger partial charge on any atom is -0.480 e. The highest BCUT2D eigenvalue weighted by Crippen LogP contribution is 2.23. The fraction of sp³-hybridized carbons (Fsp3) is 0.333. The number of hydrogen-bond donors (Lipinski definition) is 3. The molecular weight excluding hydrogens is 300 g/mol. The second kappa shape index (κ2) is 5.39. The molecule has 1 rings (SSSR count). The van der Waals surface area contributed by atoms with E-state index in [0.717, 1.165) is 10.0 Å². The first-order chi connectivity index (χ1) is 8.24. The molecule has 0 heterocycles. The van der Waals surface area contributed by atoms with E-state index >= 15 is 0 Å². The van der Waals surface area contributed by atoms with Crippen LogP contribution in [0.25, 0.3) is 0 Å². The molecule has 0 bridgehead atoms. The van der Waals surface area contributed by atoms with E-state index in [2.05, 4.69) is 26.6 Å². The Bertz CT molecular complexity index is 486. The van der Waals surface area contributed by atoms with Gasteiger partial charge < -0.3 is 15.7 Å². The van der Waals surface area contributed by atoms with E-state index in [0.29, 0.717) is 5.69 Å². The lowest BCUT2D eigenvalue weighted by Crippen LogP contribution is -2.51. The number of anilines is 1. The van der Waals surface area contributed by atoms with Crippen molar-refractivity contribution in [2.75, 3.05) is 5.32 Å². The van der Waals surface area contributed by atoms with Crippen molar-refractivity contribution in [2.45, 2.75) is 26.3 Å². The number of urea groups is 1. The number of carbonyl (C=O) groups excluding carboxylic acids is 1. The van der Waals surface area contributed by atoms with Crippen molar-refractivity contribution < 1.29 is 14.7 Å². The predicted molar refractivity (Wildman–Crippen MR) is 72.7 cm³/mol. The van der Waals surface area contributed by atoms with Crippen LogP contribution in [0.5, 0.6) is 0 Å². The van der Waals surface area contributed by atoms with Crippen LogP contribution in [-0.2, 0) is 4.79 Å². The molecule has 2 amide bonds. The largest absolute Gasteiger partial charge is 0.480 e. The smallest absolute Gasteiger partial charge is 0.328 e. The normalized spacial score (nSPS) is 10.9. The van der Waals surface area contributed by atoms with Gasteiger partial charge in [0.1, 0.15) is 5.54 Å². The van der Waals surface area contributed by atoms with Crippen molar-refractivity contribution in [3.05, 3.63) is 28.2 Å². The molecule has 0 aliphatic carbocycles. The highest BCUT2D eigenvalue weighted by molar-refractivity contribution is 9.10. The zero-order valence-corrected chi connectivity index (χ0v) is 12.0. The molecule has 98 valence electrons. The van der Waals surface area contributed by atoms with Gasteiger partial charge in [0, 0.05) is 10.2 Å². The van der Waals surface area contributed by atoms with Gasteiger partial charge in [-0.15, -0.1) is 0 Å². The predicted octanol–water partition coefficient (Wildman–Crippen LogP) is 2.74. The molecular formula is C12H15BrN2O3. The van der Waals surface area contributed by atoms with E-state index in [-0.39, 0.29) is 0 Å². The molecule has 6 heteroatoms. The van der Waals surface area contributed by atoms with Crippen LogP contribution in [-0.4, -0.2) is 22.6 Å². The van der Waals surface area contributed by atoms with Crippen molar-refractivity contribution in [3.8, 4) is 0 Å². The van der Waals surface area contributed by atoms with Crippen molar-refractivity contribution in [1.82, 2.24) is 5.32 Å². The monoisotopic (exact) mass is 314 g/mol. The molecule has 0 radical (unpaired) electrons. The van der Waals surface area contributed by atoms with Crippen LogP contribution in [0.15, 0.2) is 22.7 Å². The number of carboxylic acid groups (broad SMARTS) is 1. The summed E-state index contributed by atoms with van der Waals surface area (Å²) in [7, 11) is 0. The Kier molecular flexibility index (Phi) is 4.34. The van der Waals surface area contributed by atoms with Gasteiger partial charge in [0.2, 0.25) is 0 Å². The summed E-state index contributed by atoms with van der Waals surface area (Å²) in [5.74, 6) is -1.09. The average Bonchev–Trinajstić information content (AvgIpc) is 2.23. The Morgan fingerprint density at radius 3 is 2.50 bits per heavy atom. The summed E-state index contributed by atoms with van der Waals surface area (Å²) in [4.78, 5) is 22.6. The van der Waals surface area contributed by atoms with E-state index in [9.17, 15) is 9.59 Å². The van der Waals surface area contributed by atoms with Gasteiger partial charge in [-0.05, 0) is 38.5 Å². The number of carboxylic acids is 1. The molecule has 0 aliphatic rings. The van der Waals surface area contributed by atoms with Crippen LogP contribution in [0.4, 0.5) is 10.5 Å². The number of benzene rings is 1. The number of halogens is 1. The molecule has 0 saturated heterocycles. The molecule has 3 N–H and O–H groups in total. The van der Waals surface area contributed by atoms with E-state index in [1.165, 1.54) is 13.8 Å². The first kappa shape index (κ1) is 14.5. The van der Waals surface area contributed by atoms with Crippen molar-refractivity contribution >= 4 is 33.6 Å². The maximum absolute atomic E-state index is 11.7. The molecule has 0 atom stereocenters. The first-order valence-electron chi connectivity index (χ1n) is 5.31. The highest BCUT2D eigenvalue weighted by atomic mass is 79.9. The van der Waals surface area contributed by atoms with Crippen LogP contribution < -0.4 is 10.6 Å². The fourth-order valence-corrected chi connectivity index (χ4v) is 1.60. The number of nitrogens with one attached hydrogen (secondary N) is 2. The summed E-state index contributed by atoms with van der Waals surface area (Å²) < 4.78 is 0.873. The third kappa shape index (κ3) is 3.46. The lowest BCUT2D eigenvalue weighted by atomic mass is 10.1.